The predicted octanol–water partition coefficient (Wildman–Crippen LogP) is 2.16. The van der Waals surface area contributed by atoms with E-state index >= 15 is 0 Å². The van der Waals surface area contributed by atoms with Crippen molar-refractivity contribution in [2.24, 2.45) is 0 Å². The number of hydrogen-bond acceptors (Lipinski definition) is 6. The van der Waals surface area contributed by atoms with Crippen LogP contribution in [0.15, 0.2) is 59.6 Å². The molecular weight excluding hydrogens is 424 g/mol. The van der Waals surface area contributed by atoms with Crippen LogP contribution in [0.25, 0.3) is 10.9 Å². The molecule has 1 saturated heterocycles. The minimum atomic E-state index is -3.76. The van der Waals surface area contributed by atoms with Gasteiger partial charge >= 0.3 is 0 Å². The summed E-state index contributed by atoms with van der Waals surface area (Å²) in [5, 5.41) is 0.888. The fourth-order valence-electron chi connectivity index (χ4n) is 3.73. The second-order valence-electron chi connectivity index (χ2n) is 7.39. The fraction of sp³-hybridized carbons (Fsp3) is 0.333. The molecule has 0 unspecified atom stereocenters. The van der Waals surface area contributed by atoms with Crippen molar-refractivity contribution >= 4 is 30.8 Å². The van der Waals surface area contributed by atoms with E-state index in [0.717, 1.165) is 10.9 Å². The maximum absolute atomic E-state index is 13.3. The standard InChI is InChI=1S/C21H24N2O5S2/c1-28-18-6-8-19(9-7-18)30(26,27)23-16-17(20-4-2-3-5-21(20)23)10-11-22-12-14-29(24,25)15-13-22/h2-9,16H,10-15H2,1H3. The highest BCUT2D eigenvalue weighted by molar-refractivity contribution is 7.91. The van der Waals surface area contributed by atoms with Gasteiger partial charge in [-0.15, -0.1) is 0 Å². The summed E-state index contributed by atoms with van der Waals surface area (Å²) in [6, 6.07) is 13.8. The smallest absolute Gasteiger partial charge is 0.268 e. The lowest BCUT2D eigenvalue weighted by Gasteiger charge is -2.26. The molecule has 2 aromatic carbocycles. The lowest BCUT2D eigenvalue weighted by atomic mass is 10.1. The third-order valence-corrected chi connectivity index (χ3v) is 8.81. The van der Waals surface area contributed by atoms with Gasteiger partial charge < -0.3 is 9.64 Å². The second kappa shape index (κ2) is 8.05. The lowest BCUT2D eigenvalue weighted by molar-refractivity contribution is 0.299. The Kier molecular flexibility index (Phi) is 5.61. The van der Waals surface area contributed by atoms with Crippen LogP contribution in [-0.2, 0) is 26.3 Å². The van der Waals surface area contributed by atoms with E-state index in [9.17, 15) is 16.8 Å². The minimum absolute atomic E-state index is 0.181. The number of aromatic nitrogens is 1. The first-order valence-electron chi connectivity index (χ1n) is 9.71. The Morgan fingerprint density at radius 1 is 1.00 bits per heavy atom. The van der Waals surface area contributed by atoms with Gasteiger partial charge in [0.15, 0.2) is 9.84 Å². The molecule has 4 rings (SSSR count). The molecule has 1 aliphatic rings. The third kappa shape index (κ3) is 4.10. The number of sulfone groups is 1. The van der Waals surface area contributed by atoms with Crippen LogP contribution < -0.4 is 4.74 Å². The molecule has 2 heterocycles. The maximum Gasteiger partial charge on any atom is 0.268 e. The van der Waals surface area contributed by atoms with Gasteiger partial charge in [-0.05, 0) is 42.3 Å². The van der Waals surface area contributed by atoms with E-state index < -0.39 is 19.9 Å². The average Bonchev–Trinajstić information content (AvgIpc) is 3.13. The van der Waals surface area contributed by atoms with Gasteiger partial charge in [0.05, 0.1) is 29.0 Å². The van der Waals surface area contributed by atoms with Gasteiger partial charge in [-0.3, -0.25) is 0 Å². The summed E-state index contributed by atoms with van der Waals surface area (Å²) in [6.45, 7) is 1.72. The van der Waals surface area contributed by atoms with Gasteiger partial charge in [0.1, 0.15) is 5.75 Å². The first kappa shape index (κ1) is 20.9. The molecule has 0 bridgehead atoms. The first-order chi connectivity index (χ1) is 14.3. The van der Waals surface area contributed by atoms with Crippen LogP contribution in [0.4, 0.5) is 0 Å². The molecule has 0 saturated carbocycles. The molecule has 0 aliphatic carbocycles. The lowest BCUT2D eigenvalue weighted by Crippen LogP contribution is -2.41. The number of rotatable bonds is 6. The number of hydrogen-bond donors (Lipinski definition) is 0. The van der Waals surface area contributed by atoms with Crippen LogP contribution in [0.1, 0.15) is 5.56 Å². The van der Waals surface area contributed by atoms with Crippen LogP contribution in [0.5, 0.6) is 5.75 Å². The maximum atomic E-state index is 13.3. The molecule has 0 radical (unpaired) electrons. The van der Waals surface area contributed by atoms with Crippen LogP contribution in [-0.4, -0.2) is 64.0 Å². The zero-order valence-corrected chi connectivity index (χ0v) is 18.3. The van der Waals surface area contributed by atoms with E-state index in [-0.39, 0.29) is 16.4 Å². The zero-order valence-electron chi connectivity index (χ0n) is 16.7. The summed E-state index contributed by atoms with van der Waals surface area (Å²) < 4.78 is 56.3. The topological polar surface area (TPSA) is 85.7 Å². The van der Waals surface area contributed by atoms with E-state index in [1.165, 1.54) is 23.2 Å². The van der Waals surface area contributed by atoms with Crippen LogP contribution in [0, 0.1) is 0 Å². The van der Waals surface area contributed by atoms with Gasteiger partial charge in [0.25, 0.3) is 10.0 Å². The Balaban J connectivity index is 1.63. The predicted molar refractivity (Wildman–Crippen MR) is 116 cm³/mol. The van der Waals surface area contributed by atoms with Gasteiger partial charge in [-0.1, -0.05) is 18.2 Å². The largest absolute Gasteiger partial charge is 0.497 e. The van der Waals surface area contributed by atoms with Crippen molar-refractivity contribution in [1.82, 2.24) is 8.87 Å². The highest BCUT2D eigenvalue weighted by Crippen LogP contribution is 2.27. The highest BCUT2D eigenvalue weighted by Gasteiger charge is 2.23. The van der Waals surface area contributed by atoms with E-state index in [1.807, 2.05) is 18.2 Å². The molecule has 7 nitrogen and oxygen atoms in total. The Morgan fingerprint density at radius 3 is 2.33 bits per heavy atom. The molecule has 0 N–H and O–H groups in total. The molecule has 30 heavy (non-hydrogen) atoms. The normalized spacial score (nSPS) is 17.2. The number of fused-ring (bicyclic) bond motifs is 1. The molecule has 0 amide bonds. The quantitative estimate of drug-likeness (QED) is 0.575. The summed E-state index contributed by atoms with van der Waals surface area (Å²) in [4.78, 5) is 2.31. The number of ether oxygens (including phenoxy) is 1. The monoisotopic (exact) mass is 448 g/mol. The van der Waals surface area contributed by atoms with Crippen molar-refractivity contribution in [3.05, 3.63) is 60.3 Å². The molecule has 9 heteroatoms. The number of nitrogens with zero attached hydrogens (tertiary/aromatic N) is 2. The molecule has 3 aromatic rings. The molecule has 0 atom stereocenters. The first-order valence-corrected chi connectivity index (χ1v) is 13.0. The van der Waals surface area contributed by atoms with E-state index in [1.54, 1.807) is 24.4 Å². The van der Waals surface area contributed by atoms with Crippen LogP contribution >= 0.6 is 0 Å². The van der Waals surface area contributed by atoms with Crippen molar-refractivity contribution in [3.63, 3.8) is 0 Å². The number of methoxy groups -OCH3 is 1. The summed E-state index contributed by atoms with van der Waals surface area (Å²) in [6.07, 6.45) is 2.33. The third-order valence-electron chi connectivity index (χ3n) is 5.51. The molecule has 1 aliphatic heterocycles. The summed E-state index contributed by atoms with van der Waals surface area (Å²) in [5.41, 5.74) is 1.56. The van der Waals surface area contributed by atoms with Crippen molar-refractivity contribution in [2.75, 3.05) is 38.2 Å². The summed E-state index contributed by atoms with van der Waals surface area (Å²) in [5.74, 6) is 0.955. The molecule has 160 valence electrons. The zero-order chi connectivity index (χ0) is 21.4. The number of para-hydroxylation sites is 1. The molecule has 1 fully saturated rings. The Hall–Kier alpha value is -2.36. The van der Waals surface area contributed by atoms with E-state index in [2.05, 4.69) is 4.90 Å². The summed E-state index contributed by atoms with van der Waals surface area (Å²) in [7, 11) is -5.14. The summed E-state index contributed by atoms with van der Waals surface area (Å²) >= 11 is 0. The van der Waals surface area contributed by atoms with E-state index in [4.69, 9.17) is 4.74 Å². The Labute approximate surface area is 176 Å². The molecular formula is C21H24N2O5S2. The van der Waals surface area contributed by atoms with Crippen molar-refractivity contribution in [1.29, 1.82) is 0 Å². The minimum Gasteiger partial charge on any atom is -0.497 e. The van der Waals surface area contributed by atoms with Crippen molar-refractivity contribution < 1.29 is 21.6 Å². The average molecular weight is 449 g/mol. The van der Waals surface area contributed by atoms with Crippen molar-refractivity contribution in [3.8, 4) is 5.75 Å². The number of benzene rings is 2. The van der Waals surface area contributed by atoms with Crippen molar-refractivity contribution in [2.45, 2.75) is 11.3 Å². The van der Waals surface area contributed by atoms with E-state index in [0.29, 0.717) is 37.3 Å². The fourth-order valence-corrected chi connectivity index (χ4v) is 6.40. The molecule has 0 spiro atoms. The van der Waals surface area contributed by atoms with Gasteiger partial charge in [0, 0.05) is 31.2 Å². The second-order valence-corrected chi connectivity index (χ2v) is 11.5. The van der Waals surface area contributed by atoms with Gasteiger partial charge in [-0.25, -0.2) is 20.8 Å². The Morgan fingerprint density at radius 2 is 1.67 bits per heavy atom. The Bertz CT molecular complexity index is 1250. The molecule has 1 aromatic heterocycles. The van der Waals surface area contributed by atoms with Crippen LogP contribution in [0.2, 0.25) is 0 Å². The van der Waals surface area contributed by atoms with Gasteiger partial charge in [-0.2, -0.15) is 0 Å². The highest BCUT2D eigenvalue weighted by atomic mass is 32.2. The SMILES string of the molecule is COc1ccc(S(=O)(=O)n2cc(CCN3CCS(=O)(=O)CC3)c3ccccc32)cc1. The van der Waals surface area contributed by atoms with Crippen LogP contribution in [0.3, 0.4) is 0 Å². The van der Waals surface area contributed by atoms with Gasteiger partial charge in [0.2, 0.25) is 0 Å².